The van der Waals surface area contributed by atoms with Crippen molar-refractivity contribution in [1.82, 2.24) is 0 Å². The van der Waals surface area contributed by atoms with Crippen LogP contribution in [0.5, 0.6) is 0 Å². The van der Waals surface area contributed by atoms with E-state index in [4.69, 9.17) is 29.6 Å². The van der Waals surface area contributed by atoms with Crippen molar-refractivity contribution in [1.29, 1.82) is 0 Å². The van der Waals surface area contributed by atoms with Gasteiger partial charge < -0.3 is 5.73 Å². The van der Waals surface area contributed by atoms with Gasteiger partial charge in [0.05, 0.1) is 9.91 Å². The number of nitro groups is 1. The van der Waals surface area contributed by atoms with Gasteiger partial charge in [0.25, 0.3) is 5.69 Å². The van der Waals surface area contributed by atoms with Crippen LogP contribution in [0.1, 0.15) is 5.56 Å². The van der Waals surface area contributed by atoms with E-state index in [9.17, 15) is 10.1 Å². The Bertz CT molecular complexity index is 395. The molecule has 74 valence electrons. The Morgan fingerprint density at radius 2 is 2.29 bits per heavy atom. The third-order valence-corrected chi connectivity index (χ3v) is 2.05. The molecule has 1 aromatic rings. The zero-order chi connectivity index (χ0) is 10.7. The second kappa shape index (κ2) is 4.34. The molecular weight excluding hydrogens is 224 g/mol. The number of hydrogen-bond donors (Lipinski definition) is 1. The third kappa shape index (κ3) is 2.65. The maximum absolute atomic E-state index is 10.5. The van der Waals surface area contributed by atoms with Gasteiger partial charge in [-0.1, -0.05) is 29.9 Å². The fourth-order valence-corrected chi connectivity index (χ4v) is 1.36. The molecule has 0 saturated carbocycles. The van der Waals surface area contributed by atoms with Crippen molar-refractivity contribution >= 4 is 34.5 Å². The van der Waals surface area contributed by atoms with E-state index < -0.39 is 4.92 Å². The molecule has 0 aliphatic rings. The molecule has 0 atom stereocenters. The van der Waals surface area contributed by atoms with E-state index in [1.165, 1.54) is 12.1 Å². The van der Waals surface area contributed by atoms with E-state index >= 15 is 0 Å². The number of hydrogen-bond acceptors (Lipinski definition) is 3. The van der Waals surface area contributed by atoms with E-state index in [0.717, 1.165) is 0 Å². The Morgan fingerprint density at radius 1 is 1.64 bits per heavy atom. The van der Waals surface area contributed by atoms with Gasteiger partial charge >= 0.3 is 0 Å². The number of nitro benzene ring substituents is 1. The minimum absolute atomic E-state index is 0.113. The molecular formula is C8H7ClN2O2S. The zero-order valence-electron chi connectivity index (χ0n) is 7.07. The van der Waals surface area contributed by atoms with Gasteiger partial charge in [0, 0.05) is 12.5 Å². The second-order valence-corrected chi connectivity index (χ2v) is 3.62. The highest BCUT2D eigenvalue weighted by Gasteiger charge is 2.12. The van der Waals surface area contributed by atoms with Crippen LogP contribution in [0.4, 0.5) is 5.69 Å². The zero-order valence-corrected chi connectivity index (χ0v) is 8.64. The lowest BCUT2D eigenvalue weighted by Gasteiger charge is -2.00. The Labute approximate surface area is 90.8 Å². The minimum Gasteiger partial charge on any atom is -0.393 e. The molecule has 6 heteroatoms. The van der Waals surface area contributed by atoms with Crippen molar-refractivity contribution in [3.05, 3.63) is 38.9 Å². The fourth-order valence-electron chi connectivity index (χ4n) is 1.01. The fraction of sp³-hybridized carbons (Fsp3) is 0.125. The smallest absolute Gasteiger partial charge is 0.288 e. The summed E-state index contributed by atoms with van der Waals surface area (Å²) in [6.07, 6.45) is 0.341. The van der Waals surface area contributed by atoms with Crippen LogP contribution >= 0.6 is 23.8 Å². The predicted molar refractivity (Wildman–Crippen MR) is 58.6 cm³/mol. The van der Waals surface area contributed by atoms with Gasteiger partial charge in [-0.05, 0) is 11.6 Å². The normalized spacial score (nSPS) is 9.79. The summed E-state index contributed by atoms with van der Waals surface area (Å²) in [6.45, 7) is 0. The van der Waals surface area contributed by atoms with Crippen LogP contribution in [0.3, 0.4) is 0 Å². The highest BCUT2D eigenvalue weighted by atomic mass is 35.5. The Kier molecular flexibility index (Phi) is 3.38. The topological polar surface area (TPSA) is 69.2 Å². The molecule has 0 aliphatic heterocycles. The van der Waals surface area contributed by atoms with E-state index in [-0.39, 0.29) is 10.7 Å². The standard InChI is InChI=1S/C8H7ClN2O2S/c9-6-2-1-5(4-8(10)14)3-7(6)11(12)13/h1-3H,4H2,(H2,10,14). The Morgan fingerprint density at radius 3 is 2.79 bits per heavy atom. The van der Waals surface area contributed by atoms with Gasteiger partial charge in [-0.3, -0.25) is 10.1 Å². The number of rotatable bonds is 3. The molecule has 0 bridgehead atoms. The van der Waals surface area contributed by atoms with Crippen LogP contribution in [0.25, 0.3) is 0 Å². The number of nitrogens with zero attached hydrogens (tertiary/aromatic N) is 1. The first-order valence-corrected chi connectivity index (χ1v) is 4.50. The lowest BCUT2D eigenvalue weighted by atomic mass is 10.1. The molecule has 14 heavy (non-hydrogen) atoms. The SMILES string of the molecule is NC(=S)Cc1ccc(Cl)c([N+](=O)[O-])c1. The molecule has 0 saturated heterocycles. The summed E-state index contributed by atoms with van der Waals surface area (Å²) in [7, 11) is 0. The summed E-state index contributed by atoms with van der Waals surface area (Å²) in [5.41, 5.74) is 5.88. The van der Waals surface area contributed by atoms with Gasteiger partial charge in [-0.25, -0.2) is 0 Å². The molecule has 0 aromatic heterocycles. The first kappa shape index (κ1) is 10.9. The summed E-state index contributed by atoms with van der Waals surface area (Å²) >= 11 is 10.3. The van der Waals surface area contributed by atoms with Gasteiger partial charge in [0.1, 0.15) is 5.02 Å². The van der Waals surface area contributed by atoms with Crippen LogP contribution in [0.2, 0.25) is 5.02 Å². The molecule has 1 aromatic carbocycles. The largest absolute Gasteiger partial charge is 0.393 e. The average Bonchev–Trinajstić information content (AvgIpc) is 2.07. The number of nitrogens with two attached hydrogens (primary N) is 1. The Hall–Kier alpha value is -1.20. The first-order chi connectivity index (χ1) is 6.50. The van der Waals surface area contributed by atoms with E-state index in [1.807, 2.05) is 0 Å². The van der Waals surface area contributed by atoms with Crippen LogP contribution < -0.4 is 5.73 Å². The monoisotopic (exact) mass is 230 g/mol. The molecule has 1 rings (SSSR count). The molecule has 0 aliphatic carbocycles. The van der Waals surface area contributed by atoms with Crippen LogP contribution in [0, 0.1) is 10.1 Å². The van der Waals surface area contributed by atoms with Crippen molar-refractivity contribution in [2.75, 3.05) is 0 Å². The molecule has 0 unspecified atom stereocenters. The summed E-state index contributed by atoms with van der Waals surface area (Å²) in [5.74, 6) is 0. The predicted octanol–water partition coefficient (Wildman–Crippen LogP) is 2.08. The Balaban J connectivity index is 3.06. The maximum Gasteiger partial charge on any atom is 0.288 e. The number of halogens is 1. The quantitative estimate of drug-likeness (QED) is 0.490. The summed E-state index contributed by atoms with van der Waals surface area (Å²) in [4.78, 5) is 10.3. The van der Waals surface area contributed by atoms with Crippen LogP contribution in [-0.4, -0.2) is 9.91 Å². The van der Waals surface area contributed by atoms with Crippen molar-refractivity contribution < 1.29 is 4.92 Å². The third-order valence-electron chi connectivity index (χ3n) is 1.59. The summed E-state index contributed by atoms with van der Waals surface area (Å²) < 4.78 is 0. The van der Waals surface area contributed by atoms with E-state index in [1.54, 1.807) is 6.07 Å². The minimum atomic E-state index is -0.536. The van der Waals surface area contributed by atoms with Gasteiger partial charge in [-0.2, -0.15) is 0 Å². The summed E-state index contributed by atoms with van der Waals surface area (Å²) in [5, 5.41) is 10.6. The van der Waals surface area contributed by atoms with Gasteiger partial charge in [-0.15, -0.1) is 0 Å². The molecule has 2 N–H and O–H groups in total. The highest BCUT2D eigenvalue weighted by Crippen LogP contribution is 2.25. The van der Waals surface area contributed by atoms with Crippen molar-refractivity contribution in [3.63, 3.8) is 0 Å². The van der Waals surface area contributed by atoms with Crippen molar-refractivity contribution in [2.24, 2.45) is 5.73 Å². The number of thiocarbonyl (C=S) groups is 1. The van der Waals surface area contributed by atoms with E-state index in [2.05, 4.69) is 0 Å². The number of benzene rings is 1. The first-order valence-electron chi connectivity index (χ1n) is 3.72. The maximum atomic E-state index is 10.5. The highest BCUT2D eigenvalue weighted by molar-refractivity contribution is 7.80. The average molecular weight is 231 g/mol. The van der Waals surface area contributed by atoms with Crippen LogP contribution in [-0.2, 0) is 6.42 Å². The molecule has 0 fully saturated rings. The van der Waals surface area contributed by atoms with Crippen molar-refractivity contribution in [3.8, 4) is 0 Å². The van der Waals surface area contributed by atoms with Gasteiger partial charge in [0.15, 0.2) is 0 Å². The molecule has 4 nitrogen and oxygen atoms in total. The van der Waals surface area contributed by atoms with Gasteiger partial charge in [0.2, 0.25) is 0 Å². The molecule has 0 spiro atoms. The molecule has 0 radical (unpaired) electrons. The van der Waals surface area contributed by atoms with E-state index in [0.29, 0.717) is 17.0 Å². The van der Waals surface area contributed by atoms with Crippen molar-refractivity contribution in [2.45, 2.75) is 6.42 Å². The molecule has 0 heterocycles. The second-order valence-electron chi connectivity index (χ2n) is 2.69. The van der Waals surface area contributed by atoms with Crippen LogP contribution in [0.15, 0.2) is 18.2 Å². The molecule has 0 amide bonds. The lowest BCUT2D eigenvalue weighted by Crippen LogP contribution is -2.11. The summed E-state index contributed by atoms with van der Waals surface area (Å²) in [6, 6.07) is 4.50. The lowest BCUT2D eigenvalue weighted by molar-refractivity contribution is -0.384.